The van der Waals surface area contributed by atoms with Gasteiger partial charge in [-0.2, -0.15) is 5.26 Å². The van der Waals surface area contributed by atoms with Crippen molar-refractivity contribution in [2.45, 2.75) is 13.8 Å². The molecule has 2 aromatic carbocycles. The van der Waals surface area contributed by atoms with Gasteiger partial charge in [-0.15, -0.1) is 0 Å². The van der Waals surface area contributed by atoms with E-state index < -0.39 is 11.8 Å². The zero-order valence-electron chi connectivity index (χ0n) is 16.7. The Labute approximate surface area is 173 Å². The van der Waals surface area contributed by atoms with E-state index in [0.29, 0.717) is 28.3 Å². The molecule has 1 heterocycles. The summed E-state index contributed by atoms with van der Waals surface area (Å²) in [6.45, 7) is 3.55. The van der Waals surface area contributed by atoms with Gasteiger partial charge < -0.3 is 15.4 Å². The zero-order chi connectivity index (χ0) is 21.8. The Morgan fingerprint density at radius 2 is 1.87 bits per heavy atom. The Hall–Kier alpha value is -4.12. The zero-order valence-corrected chi connectivity index (χ0v) is 16.7. The molecule has 8 nitrogen and oxygen atoms in total. The molecule has 0 atom stereocenters. The molecule has 0 aliphatic carbocycles. The summed E-state index contributed by atoms with van der Waals surface area (Å²) in [5, 5.41) is 17.0. The summed E-state index contributed by atoms with van der Waals surface area (Å²) in [5.41, 5.74) is 1.97. The molecule has 3 amide bonds. The van der Waals surface area contributed by atoms with Crippen molar-refractivity contribution in [1.29, 1.82) is 5.26 Å². The number of benzene rings is 2. The smallest absolute Gasteiger partial charge is 0.275 e. The number of carbonyl (C=O) groups is 3. The normalized spacial score (nSPS) is 13.2. The van der Waals surface area contributed by atoms with Gasteiger partial charge in [-0.25, -0.2) is 0 Å². The van der Waals surface area contributed by atoms with Crippen LogP contribution in [0.4, 0.5) is 11.4 Å². The van der Waals surface area contributed by atoms with Gasteiger partial charge in [0.1, 0.15) is 11.4 Å². The Morgan fingerprint density at radius 1 is 1.10 bits per heavy atom. The lowest BCUT2D eigenvalue weighted by Gasteiger charge is -2.14. The topological polar surface area (TPSA) is 120 Å². The lowest BCUT2D eigenvalue weighted by molar-refractivity contribution is -0.123. The third-order valence-corrected chi connectivity index (χ3v) is 4.45. The van der Waals surface area contributed by atoms with Crippen LogP contribution < -0.4 is 20.7 Å². The molecule has 3 N–H and O–H groups in total. The summed E-state index contributed by atoms with van der Waals surface area (Å²) in [6, 6.07) is 13.4. The monoisotopic (exact) mass is 404 g/mol. The second kappa shape index (κ2) is 8.49. The van der Waals surface area contributed by atoms with Crippen molar-refractivity contribution in [3.05, 3.63) is 59.3 Å². The first-order valence-corrected chi connectivity index (χ1v) is 9.20. The van der Waals surface area contributed by atoms with E-state index >= 15 is 0 Å². The maximum Gasteiger partial charge on any atom is 0.275 e. The molecule has 3 rings (SSSR count). The summed E-state index contributed by atoms with van der Waals surface area (Å²) in [4.78, 5) is 36.9. The van der Waals surface area contributed by atoms with Crippen LogP contribution in [0.25, 0.3) is 5.57 Å². The number of amides is 3. The molecule has 1 aliphatic rings. The van der Waals surface area contributed by atoms with Gasteiger partial charge >= 0.3 is 0 Å². The second-order valence-corrected chi connectivity index (χ2v) is 6.91. The van der Waals surface area contributed by atoms with Crippen LogP contribution in [0, 0.1) is 17.2 Å². The lowest BCUT2D eigenvalue weighted by Crippen LogP contribution is -2.24. The number of methoxy groups -OCH3 is 1. The van der Waals surface area contributed by atoms with Crippen molar-refractivity contribution >= 4 is 34.7 Å². The van der Waals surface area contributed by atoms with E-state index in [4.69, 9.17) is 10.00 Å². The van der Waals surface area contributed by atoms with Gasteiger partial charge in [0.05, 0.1) is 24.3 Å². The molecule has 0 saturated carbocycles. The molecule has 0 aromatic heterocycles. The number of hydrogen-bond donors (Lipinski definition) is 3. The average molecular weight is 404 g/mol. The fourth-order valence-corrected chi connectivity index (χ4v) is 2.90. The van der Waals surface area contributed by atoms with Crippen molar-refractivity contribution in [3.8, 4) is 11.8 Å². The highest BCUT2D eigenvalue weighted by atomic mass is 16.5. The molecule has 8 heteroatoms. The van der Waals surface area contributed by atoms with Crippen molar-refractivity contribution in [3.63, 3.8) is 0 Å². The SMILES string of the molecule is COc1cc(NC(=O)C(C)C)ccc1C1=C(Nc2cccc(C#N)c2)C(=O)NC1=O. The summed E-state index contributed by atoms with van der Waals surface area (Å²) < 4.78 is 5.41. The van der Waals surface area contributed by atoms with Crippen LogP contribution in [0.1, 0.15) is 25.0 Å². The summed E-state index contributed by atoms with van der Waals surface area (Å²) >= 11 is 0. The van der Waals surface area contributed by atoms with Gasteiger partial charge in [0.25, 0.3) is 11.8 Å². The highest BCUT2D eigenvalue weighted by molar-refractivity contribution is 6.37. The van der Waals surface area contributed by atoms with Gasteiger partial charge in [-0.05, 0) is 30.3 Å². The first-order valence-electron chi connectivity index (χ1n) is 9.20. The number of nitrogens with zero attached hydrogens (tertiary/aromatic N) is 1. The van der Waals surface area contributed by atoms with Crippen LogP contribution in [0.15, 0.2) is 48.2 Å². The van der Waals surface area contributed by atoms with Gasteiger partial charge in [0.2, 0.25) is 5.91 Å². The van der Waals surface area contributed by atoms with Crippen LogP contribution in [0.3, 0.4) is 0 Å². The van der Waals surface area contributed by atoms with E-state index in [9.17, 15) is 14.4 Å². The fourth-order valence-electron chi connectivity index (χ4n) is 2.90. The van der Waals surface area contributed by atoms with E-state index in [1.807, 2.05) is 6.07 Å². The number of anilines is 2. The van der Waals surface area contributed by atoms with E-state index in [-0.39, 0.29) is 23.1 Å². The third-order valence-electron chi connectivity index (χ3n) is 4.45. The quantitative estimate of drug-likeness (QED) is 0.637. The van der Waals surface area contributed by atoms with Gasteiger partial charge in [0, 0.05) is 28.9 Å². The molecular formula is C22H20N4O4. The largest absolute Gasteiger partial charge is 0.496 e. The standard InChI is InChI=1S/C22H20N4O4/c1-12(2)20(27)25-15-7-8-16(17(10-15)30-3)18-19(22(29)26-21(18)28)24-14-6-4-5-13(9-14)11-23/h4-10,12H,1-3H3,(H,25,27)(H2,24,26,28,29). The summed E-state index contributed by atoms with van der Waals surface area (Å²) in [7, 11) is 1.44. The number of carbonyl (C=O) groups excluding carboxylic acids is 3. The number of ether oxygens (including phenoxy) is 1. The van der Waals surface area contributed by atoms with Gasteiger partial charge in [0.15, 0.2) is 0 Å². The minimum Gasteiger partial charge on any atom is -0.496 e. The van der Waals surface area contributed by atoms with Crippen LogP contribution in [0.5, 0.6) is 5.75 Å². The molecule has 0 radical (unpaired) electrons. The number of rotatable bonds is 6. The molecule has 30 heavy (non-hydrogen) atoms. The molecule has 0 fully saturated rings. The Balaban J connectivity index is 2.03. The molecule has 152 valence electrons. The van der Waals surface area contributed by atoms with Crippen molar-refractivity contribution in [2.75, 3.05) is 17.7 Å². The molecule has 0 spiro atoms. The van der Waals surface area contributed by atoms with Crippen molar-refractivity contribution in [2.24, 2.45) is 5.92 Å². The predicted molar refractivity (Wildman–Crippen MR) is 111 cm³/mol. The highest BCUT2D eigenvalue weighted by Crippen LogP contribution is 2.34. The number of nitrogens with one attached hydrogen (secondary N) is 3. The molecule has 1 aliphatic heterocycles. The molecule has 0 bridgehead atoms. The van der Waals surface area contributed by atoms with Gasteiger partial charge in [-0.1, -0.05) is 19.9 Å². The van der Waals surface area contributed by atoms with E-state index in [2.05, 4.69) is 16.0 Å². The lowest BCUT2D eigenvalue weighted by atomic mass is 10.0. The summed E-state index contributed by atoms with van der Waals surface area (Å²) in [5.74, 6) is -1.19. The summed E-state index contributed by atoms with van der Waals surface area (Å²) in [6.07, 6.45) is 0. The Bertz CT molecular complexity index is 1110. The van der Waals surface area contributed by atoms with Crippen LogP contribution in [-0.4, -0.2) is 24.8 Å². The Morgan fingerprint density at radius 3 is 2.53 bits per heavy atom. The maximum absolute atomic E-state index is 12.5. The second-order valence-electron chi connectivity index (χ2n) is 6.91. The first-order chi connectivity index (χ1) is 14.3. The minimum absolute atomic E-state index is 0.0485. The fraction of sp³-hybridized carbons (Fsp3) is 0.182. The first kappa shape index (κ1) is 20.6. The van der Waals surface area contributed by atoms with Crippen molar-refractivity contribution in [1.82, 2.24) is 5.32 Å². The highest BCUT2D eigenvalue weighted by Gasteiger charge is 2.33. The molecule has 2 aromatic rings. The van der Waals surface area contributed by atoms with Crippen molar-refractivity contribution < 1.29 is 19.1 Å². The Kier molecular flexibility index (Phi) is 5.83. The van der Waals surface area contributed by atoms with E-state index in [0.717, 1.165) is 0 Å². The van der Waals surface area contributed by atoms with Gasteiger partial charge in [-0.3, -0.25) is 19.7 Å². The van der Waals surface area contributed by atoms with Crippen LogP contribution in [0.2, 0.25) is 0 Å². The molecule has 0 unspecified atom stereocenters. The van der Waals surface area contributed by atoms with Crippen LogP contribution >= 0.6 is 0 Å². The van der Waals surface area contributed by atoms with E-state index in [1.165, 1.54) is 7.11 Å². The number of imide groups is 1. The average Bonchev–Trinajstić information content (AvgIpc) is 3.00. The van der Waals surface area contributed by atoms with Crippen LogP contribution in [-0.2, 0) is 14.4 Å². The molecule has 0 saturated heterocycles. The minimum atomic E-state index is -0.586. The van der Waals surface area contributed by atoms with E-state index in [1.54, 1.807) is 56.3 Å². The third kappa shape index (κ3) is 4.15. The number of nitriles is 1. The maximum atomic E-state index is 12.5. The predicted octanol–water partition coefficient (Wildman–Crippen LogP) is 2.64. The molecular weight excluding hydrogens is 384 g/mol. The number of hydrogen-bond acceptors (Lipinski definition) is 6.